The minimum atomic E-state index is 0.161. The van der Waals surface area contributed by atoms with Crippen molar-refractivity contribution in [1.82, 2.24) is 0 Å². The third-order valence-corrected chi connectivity index (χ3v) is 2.17. The Morgan fingerprint density at radius 1 is 1.42 bits per heavy atom. The Kier molecular flexibility index (Phi) is 1.64. The topological polar surface area (TPSA) is 20.3 Å². The molecular formula is C9H9BNO. The maximum atomic E-state index is 11.3. The summed E-state index contributed by atoms with van der Waals surface area (Å²) < 4.78 is 0. The SMILES string of the molecule is CN1C(=O)C[B]c2ccccc21. The quantitative estimate of drug-likeness (QED) is 0.500. The zero-order valence-corrected chi connectivity index (χ0v) is 6.95. The average molecular weight is 158 g/mol. The highest BCUT2D eigenvalue weighted by Gasteiger charge is 2.20. The van der Waals surface area contributed by atoms with Gasteiger partial charge >= 0.3 is 0 Å². The van der Waals surface area contributed by atoms with Gasteiger partial charge in [-0.1, -0.05) is 23.7 Å². The molecule has 1 aromatic carbocycles. The number of nitrogens with zero attached hydrogens (tertiary/aromatic N) is 1. The fraction of sp³-hybridized carbons (Fsp3) is 0.222. The van der Waals surface area contributed by atoms with Gasteiger partial charge < -0.3 is 4.90 Å². The molecule has 0 atom stereocenters. The van der Waals surface area contributed by atoms with E-state index in [0.29, 0.717) is 6.32 Å². The molecule has 0 N–H and O–H groups in total. The second-order valence-corrected chi connectivity index (χ2v) is 2.92. The van der Waals surface area contributed by atoms with Gasteiger partial charge in [-0.2, -0.15) is 0 Å². The first-order valence-electron chi connectivity index (χ1n) is 3.98. The summed E-state index contributed by atoms with van der Waals surface area (Å²) in [5.74, 6) is 0.161. The molecule has 1 aromatic rings. The Morgan fingerprint density at radius 3 is 3.00 bits per heavy atom. The van der Waals surface area contributed by atoms with Crippen molar-refractivity contribution in [3.05, 3.63) is 24.3 Å². The van der Waals surface area contributed by atoms with Crippen LogP contribution < -0.4 is 10.4 Å². The standard InChI is InChI=1S/C9H9BNO/c1-11-8-5-3-2-4-7(8)10-6-9(11)12/h2-5H,6H2,1H3. The largest absolute Gasteiger partial charge is 0.317 e. The summed E-state index contributed by atoms with van der Waals surface area (Å²) in [6.07, 6.45) is 0.521. The summed E-state index contributed by atoms with van der Waals surface area (Å²) in [5.41, 5.74) is 2.16. The van der Waals surface area contributed by atoms with E-state index >= 15 is 0 Å². The monoisotopic (exact) mass is 158 g/mol. The van der Waals surface area contributed by atoms with Crippen molar-refractivity contribution in [1.29, 1.82) is 0 Å². The van der Waals surface area contributed by atoms with Crippen LogP contribution in [-0.2, 0) is 4.79 Å². The molecule has 0 aliphatic carbocycles. The zero-order valence-electron chi connectivity index (χ0n) is 6.95. The van der Waals surface area contributed by atoms with Gasteiger partial charge in [-0.05, 0) is 6.07 Å². The number of fused-ring (bicyclic) bond motifs is 1. The number of hydrogen-bond acceptors (Lipinski definition) is 1. The molecule has 1 radical (unpaired) electrons. The predicted octanol–water partition coefficient (Wildman–Crippen LogP) is 0.411. The van der Waals surface area contributed by atoms with Crippen LogP contribution in [0.25, 0.3) is 0 Å². The van der Waals surface area contributed by atoms with Gasteiger partial charge in [0.2, 0.25) is 5.91 Å². The molecule has 3 heteroatoms. The van der Waals surface area contributed by atoms with Crippen molar-refractivity contribution in [2.75, 3.05) is 11.9 Å². The molecule has 0 saturated carbocycles. The van der Waals surface area contributed by atoms with E-state index in [2.05, 4.69) is 0 Å². The van der Waals surface area contributed by atoms with E-state index in [0.717, 1.165) is 11.2 Å². The number of rotatable bonds is 0. The average Bonchev–Trinajstić information content (AvgIpc) is 2.12. The fourth-order valence-corrected chi connectivity index (χ4v) is 1.43. The molecule has 0 saturated heterocycles. The molecule has 1 amide bonds. The summed E-state index contributed by atoms with van der Waals surface area (Å²) in [6, 6.07) is 7.92. The van der Waals surface area contributed by atoms with Gasteiger partial charge in [0.15, 0.2) is 7.28 Å². The maximum absolute atomic E-state index is 11.3. The van der Waals surface area contributed by atoms with Crippen molar-refractivity contribution < 1.29 is 4.79 Å². The van der Waals surface area contributed by atoms with Crippen molar-refractivity contribution in [2.45, 2.75) is 6.32 Å². The minimum absolute atomic E-state index is 0.161. The highest BCUT2D eigenvalue weighted by Crippen LogP contribution is 2.14. The number of benzene rings is 1. The molecule has 0 aromatic heterocycles. The van der Waals surface area contributed by atoms with Gasteiger partial charge in [0.05, 0.1) is 0 Å². The summed E-state index contributed by atoms with van der Waals surface area (Å²) in [4.78, 5) is 13.0. The molecule has 0 bridgehead atoms. The highest BCUT2D eigenvalue weighted by molar-refractivity contribution is 6.61. The first-order chi connectivity index (χ1) is 5.79. The molecule has 2 rings (SSSR count). The Morgan fingerprint density at radius 2 is 2.17 bits per heavy atom. The third-order valence-electron chi connectivity index (χ3n) is 2.17. The minimum Gasteiger partial charge on any atom is -0.317 e. The molecule has 1 heterocycles. The van der Waals surface area contributed by atoms with Crippen molar-refractivity contribution in [2.24, 2.45) is 0 Å². The van der Waals surface area contributed by atoms with Crippen molar-refractivity contribution in [3.63, 3.8) is 0 Å². The lowest BCUT2D eigenvalue weighted by molar-refractivity contribution is -0.116. The van der Waals surface area contributed by atoms with Crippen LogP contribution in [0.5, 0.6) is 0 Å². The van der Waals surface area contributed by atoms with Crippen LogP contribution in [0.1, 0.15) is 0 Å². The van der Waals surface area contributed by atoms with Crippen LogP contribution in [0.2, 0.25) is 6.32 Å². The predicted molar refractivity (Wildman–Crippen MR) is 50.0 cm³/mol. The van der Waals surface area contributed by atoms with E-state index in [1.165, 1.54) is 0 Å². The Hall–Kier alpha value is -1.25. The van der Waals surface area contributed by atoms with Gasteiger partial charge in [0.25, 0.3) is 0 Å². The molecule has 12 heavy (non-hydrogen) atoms. The molecule has 1 aliphatic heterocycles. The number of carbonyl (C=O) groups excluding carboxylic acids is 1. The van der Waals surface area contributed by atoms with E-state index in [1.807, 2.05) is 38.6 Å². The summed E-state index contributed by atoms with van der Waals surface area (Å²) in [7, 11) is 3.78. The van der Waals surface area contributed by atoms with E-state index in [1.54, 1.807) is 4.90 Å². The highest BCUT2D eigenvalue weighted by atomic mass is 16.2. The summed E-state index contributed by atoms with van der Waals surface area (Å²) in [6.45, 7) is 0. The zero-order chi connectivity index (χ0) is 8.55. The van der Waals surface area contributed by atoms with Crippen LogP contribution in [-0.4, -0.2) is 20.2 Å². The van der Waals surface area contributed by atoms with Crippen LogP contribution in [0.3, 0.4) is 0 Å². The van der Waals surface area contributed by atoms with Gasteiger partial charge in [0, 0.05) is 19.1 Å². The fourth-order valence-electron chi connectivity index (χ4n) is 1.43. The number of hydrogen-bond donors (Lipinski definition) is 0. The molecule has 59 valence electrons. The molecular weight excluding hydrogens is 149 g/mol. The number of anilines is 1. The van der Waals surface area contributed by atoms with Crippen LogP contribution in [0.4, 0.5) is 5.69 Å². The molecule has 0 spiro atoms. The maximum Gasteiger partial charge on any atom is 0.219 e. The Balaban J connectivity index is 2.48. The molecule has 0 unspecified atom stereocenters. The van der Waals surface area contributed by atoms with Crippen LogP contribution in [0, 0.1) is 0 Å². The number of para-hydroxylation sites is 1. The number of amides is 1. The molecule has 2 nitrogen and oxygen atoms in total. The van der Waals surface area contributed by atoms with E-state index in [4.69, 9.17) is 0 Å². The normalized spacial score (nSPS) is 15.4. The summed E-state index contributed by atoms with van der Waals surface area (Å²) in [5, 5.41) is 0. The van der Waals surface area contributed by atoms with Gasteiger partial charge in [0.1, 0.15) is 0 Å². The van der Waals surface area contributed by atoms with E-state index < -0.39 is 0 Å². The lowest BCUT2D eigenvalue weighted by atomic mass is 9.64. The van der Waals surface area contributed by atoms with Crippen LogP contribution in [0.15, 0.2) is 24.3 Å². The molecule has 1 aliphatic rings. The van der Waals surface area contributed by atoms with Gasteiger partial charge in [-0.3, -0.25) is 4.79 Å². The first-order valence-corrected chi connectivity index (χ1v) is 3.98. The third kappa shape index (κ3) is 1.02. The molecule has 0 fully saturated rings. The Labute approximate surface area is 72.4 Å². The van der Waals surface area contributed by atoms with Crippen molar-refractivity contribution in [3.8, 4) is 0 Å². The Bertz CT molecular complexity index is 324. The number of carbonyl (C=O) groups is 1. The van der Waals surface area contributed by atoms with Crippen LogP contribution >= 0.6 is 0 Å². The van der Waals surface area contributed by atoms with Gasteiger partial charge in [-0.15, -0.1) is 0 Å². The van der Waals surface area contributed by atoms with Crippen molar-refractivity contribution >= 4 is 24.3 Å². The lowest BCUT2D eigenvalue weighted by Gasteiger charge is -2.24. The smallest absolute Gasteiger partial charge is 0.219 e. The van der Waals surface area contributed by atoms with E-state index in [9.17, 15) is 4.79 Å². The second kappa shape index (κ2) is 2.66. The second-order valence-electron chi connectivity index (χ2n) is 2.92. The lowest BCUT2D eigenvalue weighted by Crippen LogP contribution is -2.39. The van der Waals surface area contributed by atoms with E-state index in [-0.39, 0.29) is 5.91 Å². The van der Waals surface area contributed by atoms with Gasteiger partial charge in [-0.25, -0.2) is 0 Å². The summed E-state index contributed by atoms with van der Waals surface area (Å²) >= 11 is 0. The first kappa shape index (κ1) is 7.41.